The summed E-state index contributed by atoms with van der Waals surface area (Å²) < 4.78 is 0. The van der Waals surface area contributed by atoms with E-state index in [4.69, 9.17) is 0 Å². The van der Waals surface area contributed by atoms with E-state index in [1.54, 1.807) is 0 Å². The zero-order valence-corrected chi connectivity index (χ0v) is 10.8. The lowest BCUT2D eigenvalue weighted by atomic mass is 10.0. The third-order valence-electron chi connectivity index (χ3n) is 2.46. The van der Waals surface area contributed by atoms with E-state index >= 15 is 0 Å². The topological polar surface area (TPSA) is 12.4 Å². The van der Waals surface area contributed by atoms with Crippen molar-refractivity contribution in [3.8, 4) is 0 Å². The molecule has 0 saturated carbocycles. The van der Waals surface area contributed by atoms with Crippen molar-refractivity contribution in [1.29, 1.82) is 0 Å². The van der Waals surface area contributed by atoms with Crippen molar-refractivity contribution in [3.63, 3.8) is 0 Å². The number of hydrogen-bond donors (Lipinski definition) is 0. The van der Waals surface area contributed by atoms with Crippen molar-refractivity contribution in [2.45, 2.75) is 34.6 Å². The molecule has 1 nitrogen and oxygen atoms in total. The van der Waals surface area contributed by atoms with Crippen molar-refractivity contribution in [2.75, 3.05) is 7.05 Å². The molecule has 0 aliphatic carbocycles. The second kappa shape index (κ2) is 7.22. The van der Waals surface area contributed by atoms with Gasteiger partial charge in [0.25, 0.3) is 0 Å². The van der Waals surface area contributed by atoms with Gasteiger partial charge >= 0.3 is 0 Å². The lowest BCUT2D eigenvalue weighted by Crippen LogP contribution is -1.99. The summed E-state index contributed by atoms with van der Waals surface area (Å²) in [6, 6.07) is 0. The first kappa shape index (κ1) is 13.9. The molecule has 1 heteroatoms. The Hall–Kier alpha value is -1.11. The third-order valence-corrected chi connectivity index (χ3v) is 2.46. The molecule has 0 spiro atoms. The largest absolute Gasteiger partial charge is 0.288 e. The van der Waals surface area contributed by atoms with Crippen molar-refractivity contribution < 1.29 is 0 Å². The van der Waals surface area contributed by atoms with Crippen LogP contribution < -0.4 is 0 Å². The Morgan fingerprint density at radius 2 is 1.80 bits per heavy atom. The summed E-state index contributed by atoms with van der Waals surface area (Å²) in [4.78, 5) is 4.30. The summed E-state index contributed by atoms with van der Waals surface area (Å²) >= 11 is 0. The second-order valence-electron chi connectivity index (χ2n) is 4.03. The highest BCUT2D eigenvalue weighted by Crippen LogP contribution is 2.10. The van der Waals surface area contributed by atoms with Gasteiger partial charge in [0, 0.05) is 7.05 Å². The molecule has 0 aliphatic rings. The van der Waals surface area contributed by atoms with Crippen molar-refractivity contribution >= 4 is 5.71 Å². The van der Waals surface area contributed by atoms with Crippen LogP contribution in [0.5, 0.6) is 0 Å². The summed E-state index contributed by atoms with van der Waals surface area (Å²) in [6.07, 6.45) is 8.32. The van der Waals surface area contributed by atoms with E-state index in [0.717, 1.165) is 5.71 Å². The molecule has 84 valence electrons. The Bertz CT molecular complexity index is 301. The lowest BCUT2D eigenvalue weighted by Gasteiger charge is -2.06. The highest BCUT2D eigenvalue weighted by molar-refractivity contribution is 6.08. The normalized spacial score (nSPS) is 15.5. The lowest BCUT2D eigenvalue weighted by molar-refractivity contribution is 0.770. The number of nitrogens with zero attached hydrogens (tertiary/aromatic N) is 1. The first-order valence-electron chi connectivity index (χ1n) is 5.47. The predicted molar refractivity (Wildman–Crippen MR) is 70.5 cm³/mol. The maximum atomic E-state index is 4.30. The summed E-state index contributed by atoms with van der Waals surface area (Å²) in [5, 5.41) is 0. The van der Waals surface area contributed by atoms with E-state index in [-0.39, 0.29) is 0 Å². The zero-order chi connectivity index (χ0) is 11.8. The van der Waals surface area contributed by atoms with E-state index in [2.05, 4.69) is 44.8 Å². The molecular formula is C14H23N. The number of aliphatic imine (C=N–C) groups is 1. The van der Waals surface area contributed by atoms with Gasteiger partial charge < -0.3 is 0 Å². The summed E-state index contributed by atoms with van der Waals surface area (Å²) in [5.41, 5.74) is 3.64. The molecule has 0 aromatic carbocycles. The van der Waals surface area contributed by atoms with E-state index in [0.29, 0.717) is 5.92 Å². The van der Waals surface area contributed by atoms with Crippen LogP contribution in [0.4, 0.5) is 0 Å². The van der Waals surface area contributed by atoms with Gasteiger partial charge in [0.15, 0.2) is 0 Å². The number of hydrogen-bond acceptors (Lipinski definition) is 1. The van der Waals surface area contributed by atoms with Crippen LogP contribution in [-0.4, -0.2) is 12.8 Å². The van der Waals surface area contributed by atoms with Crippen molar-refractivity contribution in [1.82, 2.24) is 0 Å². The fourth-order valence-electron chi connectivity index (χ4n) is 1.06. The second-order valence-corrected chi connectivity index (χ2v) is 4.03. The van der Waals surface area contributed by atoms with Crippen LogP contribution in [-0.2, 0) is 0 Å². The SMILES string of the molecule is C/C=C\C=C(/C)C(/C=C(\C)C(C)C)=NC. The van der Waals surface area contributed by atoms with Gasteiger partial charge in [-0.05, 0) is 38.3 Å². The molecule has 0 bridgehead atoms. The standard InChI is InChI=1S/C14H23N/c1-7-8-9-12(4)14(15-6)10-13(5)11(2)3/h7-11H,1-6H3/b8-7-,12-9+,13-10+,15-14?. The average molecular weight is 205 g/mol. The zero-order valence-electron chi connectivity index (χ0n) is 10.8. The van der Waals surface area contributed by atoms with Crippen LogP contribution in [0.25, 0.3) is 0 Å². The van der Waals surface area contributed by atoms with Gasteiger partial charge in [0.2, 0.25) is 0 Å². The fourth-order valence-corrected chi connectivity index (χ4v) is 1.06. The summed E-state index contributed by atoms with van der Waals surface area (Å²) in [5.74, 6) is 0.580. The highest BCUT2D eigenvalue weighted by Gasteiger charge is 2.00. The minimum atomic E-state index is 0.580. The molecule has 0 aromatic rings. The molecule has 0 heterocycles. The fraction of sp³-hybridized carbons (Fsp3) is 0.500. The Morgan fingerprint density at radius 3 is 2.20 bits per heavy atom. The van der Waals surface area contributed by atoms with Gasteiger partial charge in [-0.2, -0.15) is 0 Å². The third kappa shape index (κ3) is 5.36. The highest BCUT2D eigenvalue weighted by atomic mass is 14.7. The molecule has 0 aliphatic heterocycles. The van der Waals surface area contributed by atoms with Crippen LogP contribution in [0.3, 0.4) is 0 Å². The molecule has 0 rings (SSSR count). The molecule has 0 N–H and O–H groups in total. The van der Waals surface area contributed by atoms with Crippen LogP contribution in [0.1, 0.15) is 34.6 Å². The molecule has 0 radical (unpaired) electrons. The van der Waals surface area contributed by atoms with E-state index in [1.807, 2.05) is 26.1 Å². The quantitative estimate of drug-likeness (QED) is 0.482. The smallest absolute Gasteiger partial charge is 0.0599 e. The van der Waals surface area contributed by atoms with Crippen LogP contribution in [0.15, 0.2) is 40.4 Å². The van der Waals surface area contributed by atoms with Crippen LogP contribution in [0.2, 0.25) is 0 Å². The molecule has 15 heavy (non-hydrogen) atoms. The monoisotopic (exact) mass is 205 g/mol. The molecule has 0 amide bonds. The molecule has 0 unspecified atom stereocenters. The Kier molecular flexibility index (Phi) is 6.68. The molecule has 0 atom stereocenters. The van der Waals surface area contributed by atoms with Gasteiger partial charge in [-0.1, -0.05) is 37.6 Å². The minimum Gasteiger partial charge on any atom is -0.288 e. The van der Waals surface area contributed by atoms with E-state index in [9.17, 15) is 0 Å². The Balaban J connectivity index is 4.89. The van der Waals surface area contributed by atoms with Crippen LogP contribution in [0, 0.1) is 5.92 Å². The van der Waals surface area contributed by atoms with Crippen molar-refractivity contribution in [3.05, 3.63) is 35.5 Å². The van der Waals surface area contributed by atoms with Gasteiger partial charge in [-0.15, -0.1) is 0 Å². The summed E-state index contributed by atoms with van der Waals surface area (Å²) in [7, 11) is 1.84. The molecule has 0 fully saturated rings. The number of rotatable bonds is 4. The molecule has 0 saturated heterocycles. The summed E-state index contributed by atoms with van der Waals surface area (Å²) in [6.45, 7) is 10.7. The molecule has 0 aromatic heterocycles. The van der Waals surface area contributed by atoms with Gasteiger partial charge in [-0.25, -0.2) is 0 Å². The maximum Gasteiger partial charge on any atom is 0.0599 e. The first-order chi connectivity index (χ1) is 7.02. The Labute approximate surface area is 94.3 Å². The Morgan fingerprint density at radius 1 is 1.20 bits per heavy atom. The minimum absolute atomic E-state index is 0.580. The number of allylic oxidation sites excluding steroid dienone is 6. The van der Waals surface area contributed by atoms with Gasteiger partial charge in [-0.3, -0.25) is 4.99 Å². The van der Waals surface area contributed by atoms with Crippen molar-refractivity contribution in [2.24, 2.45) is 10.9 Å². The van der Waals surface area contributed by atoms with E-state index in [1.165, 1.54) is 11.1 Å². The van der Waals surface area contributed by atoms with Crippen LogP contribution >= 0.6 is 0 Å². The van der Waals surface area contributed by atoms with Gasteiger partial charge in [0.1, 0.15) is 0 Å². The maximum absolute atomic E-state index is 4.30. The first-order valence-corrected chi connectivity index (χ1v) is 5.47. The van der Waals surface area contributed by atoms with Gasteiger partial charge in [0.05, 0.1) is 5.71 Å². The predicted octanol–water partition coefficient (Wildman–Crippen LogP) is 4.18. The average Bonchev–Trinajstić information content (AvgIpc) is 2.21. The van der Waals surface area contributed by atoms with E-state index < -0.39 is 0 Å². The molecular weight excluding hydrogens is 182 g/mol.